The monoisotopic (exact) mass is 599 g/mol. The van der Waals surface area contributed by atoms with E-state index in [0.717, 1.165) is 49.6 Å². The molecule has 0 aliphatic heterocycles. The van der Waals surface area contributed by atoms with Crippen LogP contribution in [0.5, 0.6) is 23.0 Å². The lowest BCUT2D eigenvalue weighted by atomic mass is 10.00. The van der Waals surface area contributed by atoms with Crippen molar-refractivity contribution >= 4 is 21.8 Å². The van der Waals surface area contributed by atoms with E-state index in [1.807, 2.05) is 24.5 Å². The zero-order valence-electron chi connectivity index (χ0n) is 26.0. The zero-order chi connectivity index (χ0) is 31.2. The van der Waals surface area contributed by atoms with Gasteiger partial charge >= 0.3 is 0 Å². The lowest BCUT2D eigenvalue weighted by molar-refractivity contribution is 0.397. The molecule has 8 heteroatoms. The Kier molecular flexibility index (Phi) is 6.97. The van der Waals surface area contributed by atoms with Crippen LogP contribution in [0.3, 0.4) is 0 Å². The Labute approximate surface area is 260 Å². The molecule has 0 spiro atoms. The minimum Gasteiger partial charge on any atom is -0.496 e. The summed E-state index contributed by atoms with van der Waals surface area (Å²) in [4.78, 5) is 11.7. The second kappa shape index (κ2) is 11.1. The standard InChI is InChI=1S/C37H33N3O5/c1-20-7-11-22(12-8-20)24-17-38-35-31(24)26(41-3)15-28(43-5)33(35)30-19-40-37(45-30)34-29(44-6)16-27(42-4)32-25(18-39-36(32)34)23-13-9-21(2)10-14-23/h7-19,38-39H,1-6H3. The van der Waals surface area contributed by atoms with Crippen molar-refractivity contribution < 1.29 is 23.4 Å². The van der Waals surface area contributed by atoms with Gasteiger partial charge in [0, 0.05) is 35.7 Å². The molecule has 3 heterocycles. The Balaban J connectivity index is 1.43. The molecule has 0 unspecified atom stereocenters. The second-order valence-corrected chi connectivity index (χ2v) is 11.0. The molecule has 0 aliphatic rings. The fourth-order valence-corrected chi connectivity index (χ4v) is 6.05. The zero-order valence-corrected chi connectivity index (χ0v) is 26.0. The van der Waals surface area contributed by atoms with Crippen LogP contribution in [-0.2, 0) is 0 Å². The van der Waals surface area contributed by atoms with Gasteiger partial charge in [-0.05, 0) is 25.0 Å². The maximum absolute atomic E-state index is 6.57. The average Bonchev–Trinajstić information content (AvgIpc) is 3.83. The summed E-state index contributed by atoms with van der Waals surface area (Å²) in [5, 5.41) is 1.83. The van der Waals surface area contributed by atoms with Gasteiger partial charge in [-0.3, -0.25) is 0 Å². The van der Waals surface area contributed by atoms with Crippen LogP contribution in [0.1, 0.15) is 11.1 Å². The molecule has 2 N–H and O–H groups in total. The Hall–Kier alpha value is -5.63. The van der Waals surface area contributed by atoms with Crippen molar-refractivity contribution in [2.45, 2.75) is 13.8 Å². The smallest absolute Gasteiger partial charge is 0.232 e. The van der Waals surface area contributed by atoms with Crippen molar-refractivity contribution in [1.82, 2.24) is 15.0 Å². The minimum atomic E-state index is 0.392. The normalized spacial score (nSPS) is 11.3. The highest BCUT2D eigenvalue weighted by atomic mass is 16.5. The first-order valence-corrected chi connectivity index (χ1v) is 14.6. The highest BCUT2D eigenvalue weighted by Gasteiger charge is 2.26. The lowest BCUT2D eigenvalue weighted by Crippen LogP contribution is -1.94. The fraction of sp³-hybridized carbons (Fsp3) is 0.162. The van der Waals surface area contributed by atoms with Crippen molar-refractivity contribution in [1.29, 1.82) is 0 Å². The number of benzene rings is 4. The second-order valence-electron chi connectivity index (χ2n) is 11.0. The van der Waals surface area contributed by atoms with E-state index in [9.17, 15) is 0 Å². The molecule has 0 atom stereocenters. The van der Waals surface area contributed by atoms with Crippen molar-refractivity contribution in [3.8, 4) is 68.0 Å². The van der Waals surface area contributed by atoms with Gasteiger partial charge in [0.05, 0.1) is 62.0 Å². The van der Waals surface area contributed by atoms with Crippen LogP contribution < -0.4 is 18.9 Å². The van der Waals surface area contributed by atoms with Crippen LogP contribution in [0.25, 0.3) is 66.8 Å². The van der Waals surface area contributed by atoms with Crippen molar-refractivity contribution in [3.63, 3.8) is 0 Å². The fourth-order valence-electron chi connectivity index (χ4n) is 6.05. The summed E-state index contributed by atoms with van der Waals surface area (Å²) < 4.78 is 30.0. The van der Waals surface area contributed by atoms with E-state index in [1.165, 1.54) is 11.1 Å². The molecule has 4 aromatic carbocycles. The van der Waals surface area contributed by atoms with Crippen LogP contribution in [-0.4, -0.2) is 43.4 Å². The molecule has 7 rings (SSSR count). The van der Waals surface area contributed by atoms with Gasteiger partial charge in [0.25, 0.3) is 0 Å². The summed E-state index contributed by atoms with van der Waals surface area (Å²) in [6.45, 7) is 4.15. The maximum Gasteiger partial charge on any atom is 0.232 e. The summed E-state index contributed by atoms with van der Waals surface area (Å²) in [6, 6.07) is 20.6. The van der Waals surface area contributed by atoms with Crippen LogP contribution in [0.4, 0.5) is 0 Å². The van der Waals surface area contributed by atoms with Crippen molar-refractivity contribution in [3.05, 3.63) is 90.4 Å². The summed E-state index contributed by atoms with van der Waals surface area (Å²) in [6.07, 6.45) is 5.68. The molecule has 7 aromatic rings. The number of oxazole rings is 1. The number of nitrogens with zero attached hydrogens (tertiary/aromatic N) is 1. The number of nitrogens with one attached hydrogen (secondary N) is 2. The van der Waals surface area contributed by atoms with E-state index >= 15 is 0 Å². The molecule has 0 fully saturated rings. The van der Waals surface area contributed by atoms with E-state index in [1.54, 1.807) is 34.6 Å². The van der Waals surface area contributed by atoms with Gasteiger partial charge in [-0.15, -0.1) is 0 Å². The van der Waals surface area contributed by atoms with Crippen LogP contribution >= 0.6 is 0 Å². The van der Waals surface area contributed by atoms with Crippen LogP contribution in [0.15, 0.2) is 83.7 Å². The first-order chi connectivity index (χ1) is 21.9. The minimum absolute atomic E-state index is 0.392. The molecule has 226 valence electrons. The Bertz CT molecular complexity index is 2020. The van der Waals surface area contributed by atoms with E-state index < -0.39 is 0 Å². The van der Waals surface area contributed by atoms with E-state index in [2.05, 4.69) is 72.3 Å². The molecule has 0 bridgehead atoms. The number of aromatic amines is 2. The SMILES string of the molecule is COc1cc(OC)c2c(-c3ccc(C)cc3)c[nH]c2c1-c1cnc(-c2c(OC)cc(OC)c3c(-c4ccc(C)cc4)c[nH]c23)o1. The third-order valence-electron chi connectivity index (χ3n) is 8.34. The molecular weight excluding hydrogens is 566 g/mol. The summed E-state index contributed by atoms with van der Waals surface area (Å²) in [5.41, 5.74) is 9.58. The number of hydrogen-bond donors (Lipinski definition) is 2. The highest BCUT2D eigenvalue weighted by Crippen LogP contribution is 2.49. The topological polar surface area (TPSA) is 94.5 Å². The van der Waals surface area contributed by atoms with Crippen molar-refractivity contribution in [2.75, 3.05) is 28.4 Å². The predicted octanol–water partition coefficient (Wildman–Crippen LogP) is 8.96. The Morgan fingerprint density at radius 3 is 1.49 bits per heavy atom. The molecule has 0 saturated carbocycles. The molecule has 0 radical (unpaired) electrons. The first kappa shape index (κ1) is 28.2. The van der Waals surface area contributed by atoms with Gasteiger partial charge < -0.3 is 33.3 Å². The molecule has 3 aromatic heterocycles. The number of rotatable bonds is 8. The first-order valence-electron chi connectivity index (χ1n) is 14.6. The van der Waals surface area contributed by atoms with Gasteiger partial charge in [-0.25, -0.2) is 4.98 Å². The molecule has 0 amide bonds. The number of methoxy groups -OCH3 is 4. The number of aryl methyl sites for hydroxylation is 2. The molecular formula is C37H33N3O5. The molecule has 0 aliphatic carbocycles. The van der Waals surface area contributed by atoms with Crippen LogP contribution in [0.2, 0.25) is 0 Å². The molecule has 8 nitrogen and oxygen atoms in total. The largest absolute Gasteiger partial charge is 0.496 e. The highest BCUT2D eigenvalue weighted by molar-refractivity contribution is 6.09. The molecule has 45 heavy (non-hydrogen) atoms. The van der Waals surface area contributed by atoms with Crippen molar-refractivity contribution in [2.24, 2.45) is 0 Å². The number of H-pyrrole nitrogens is 2. The summed E-state index contributed by atoms with van der Waals surface area (Å²) in [7, 11) is 6.58. The third-order valence-corrected chi connectivity index (χ3v) is 8.34. The maximum atomic E-state index is 6.57. The summed E-state index contributed by atoms with van der Waals surface area (Å²) >= 11 is 0. The van der Waals surface area contributed by atoms with E-state index in [-0.39, 0.29) is 0 Å². The molecule has 0 saturated heterocycles. The third kappa shape index (κ3) is 4.57. The number of ether oxygens (including phenoxy) is 4. The van der Waals surface area contributed by atoms with Crippen LogP contribution in [0, 0.1) is 13.8 Å². The Morgan fingerprint density at radius 1 is 0.578 bits per heavy atom. The number of aromatic nitrogens is 3. The predicted molar refractivity (Wildman–Crippen MR) is 178 cm³/mol. The van der Waals surface area contributed by atoms with E-state index in [4.69, 9.17) is 28.3 Å². The number of fused-ring (bicyclic) bond motifs is 2. The van der Waals surface area contributed by atoms with Gasteiger partial charge in [0.1, 0.15) is 28.6 Å². The average molecular weight is 600 g/mol. The van der Waals surface area contributed by atoms with Gasteiger partial charge in [0.15, 0.2) is 5.76 Å². The van der Waals surface area contributed by atoms with Gasteiger partial charge in [-0.1, -0.05) is 59.7 Å². The number of hydrogen-bond acceptors (Lipinski definition) is 6. The quantitative estimate of drug-likeness (QED) is 0.181. The van der Waals surface area contributed by atoms with Gasteiger partial charge in [0.2, 0.25) is 5.89 Å². The lowest BCUT2D eigenvalue weighted by Gasteiger charge is -2.13. The van der Waals surface area contributed by atoms with Gasteiger partial charge in [-0.2, -0.15) is 0 Å². The van der Waals surface area contributed by atoms with E-state index in [0.29, 0.717) is 40.2 Å². The Morgan fingerprint density at radius 2 is 1.02 bits per heavy atom. The summed E-state index contributed by atoms with van der Waals surface area (Å²) in [5.74, 6) is 3.45.